The highest BCUT2D eigenvalue weighted by atomic mass is 32.1. The predicted octanol–water partition coefficient (Wildman–Crippen LogP) is 2.69. The summed E-state index contributed by atoms with van der Waals surface area (Å²) in [6, 6.07) is 15.0. The van der Waals surface area contributed by atoms with E-state index < -0.39 is 6.09 Å². The molecule has 0 unspecified atom stereocenters. The highest BCUT2D eigenvalue weighted by Crippen LogP contribution is 2.24. The van der Waals surface area contributed by atoms with Crippen LogP contribution in [-0.4, -0.2) is 16.3 Å². The van der Waals surface area contributed by atoms with Crippen molar-refractivity contribution in [3.63, 3.8) is 0 Å². The van der Waals surface area contributed by atoms with E-state index in [0.717, 1.165) is 5.56 Å². The Bertz CT molecular complexity index is 692. The maximum atomic E-state index is 10.7. The lowest BCUT2D eigenvalue weighted by Crippen LogP contribution is -2.21. The number of benzene rings is 2. The zero-order chi connectivity index (χ0) is 16.7. The van der Waals surface area contributed by atoms with Crippen LogP contribution in [0.1, 0.15) is 11.1 Å². The van der Waals surface area contributed by atoms with Crippen LogP contribution in [0.3, 0.4) is 0 Å². The highest BCUT2D eigenvalue weighted by Gasteiger charge is 2.08. The van der Waals surface area contributed by atoms with E-state index in [2.05, 4.69) is 10.6 Å². The Labute approximate surface area is 139 Å². The lowest BCUT2D eigenvalue weighted by Gasteiger charge is -2.14. The molecule has 2 rings (SSSR count). The van der Waals surface area contributed by atoms with E-state index in [0.29, 0.717) is 23.6 Å². The smallest absolute Gasteiger partial charge is 0.404 e. The molecule has 0 aliphatic carbocycles. The van der Waals surface area contributed by atoms with Gasteiger partial charge in [-0.1, -0.05) is 30.3 Å². The summed E-state index contributed by atoms with van der Waals surface area (Å²) in [6.07, 6.45) is -1.10. The number of hydrogen-bond acceptors (Lipinski definition) is 3. The van der Waals surface area contributed by atoms with E-state index >= 15 is 0 Å². The number of thiocarbonyl (C=S) groups is 1. The summed E-state index contributed by atoms with van der Waals surface area (Å²) in [4.78, 5) is 10.7. The normalized spacial score (nSPS) is 9.91. The van der Waals surface area contributed by atoms with Crippen molar-refractivity contribution in [3.8, 4) is 5.75 Å². The fourth-order valence-corrected chi connectivity index (χ4v) is 2.10. The SMILES string of the molecule is NC(=S)Nc1ccc(OCc2ccccc2)c(CNC(=O)O)c1. The van der Waals surface area contributed by atoms with Crippen LogP contribution in [-0.2, 0) is 13.2 Å². The molecule has 0 aliphatic heterocycles. The monoisotopic (exact) mass is 331 g/mol. The molecule has 0 saturated heterocycles. The molecule has 120 valence electrons. The van der Waals surface area contributed by atoms with Gasteiger partial charge in [-0.25, -0.2) is 4.79 Å². The van der Waals surface area contributed by atoms with Crippen molar-refractivity contribution in [1.29, 1.82) is 0 Å². The first kappa shape index (κ1) is 16.6. The number of nitrogens with one attached hydrogen (secondary N) is 2. The Morgan fingerprint density at radius 3 is 2.61 bits per heavy atom. The topological polar surface area (TPSA) is 96.6 Å². The van der Waals surface area contributed by atoms with E-state index in [9.17, 15) is 4.79 Å². The Morgan fingerprint density at radius 2 is 1.96 bits per heavy atom. The van der Waals surface area contributed by atoms with Gasteiger partial charge in [0.1, 0.15) is 12.4 Å². The van der Waals surface area contributed by atoms with Crippen LogP contribution < -0.4 is 21.1 Å². The van der Waals surface area contributed by atoms with Gasteiger partial charge in [0.15, 0.2) is 5.11 Å². The van der Waals surface area contributed by atoms with Crippen molar-refractivity contribution in [1.82, 2.24) is 5.32 Å². The van der Waals surface area contributed by atoms with Gasteiger partial charge < -0.3 is 26.2 Å². The molecule has 0 bridgehead atoms. The number of ether oxygens (including phenoxy) is 1. The number of carbonyl (C=O) groups is 1. The summed E-state index contributed by atoms with van der Waals surface area (Å²) in [5, 5.41) is 14.1. The van der Waals surface area contributed by atoms with E-state index in [1.54, 1.807) is 18.2 Å². The molecule has 0 heterocycles. The number of carboxylic acid groups (broad SMARTS) is 1. The third-order valence-corrected chi connectivity index (χ3v) is 3.10. The number of amides is 1. The van der Waals surface area contributed by atoms with Crippen molar-refractivity contribution in [2.75, 3.05) is 5.32 Å². The Morgan fingerprint density at radius 1 is 1.22 bits per heavy atom. The summed E-state index contributed by atoms with van der Waals surface area (Å²) in [7, 11) is 0. The molecule has 0 fully saturated rings. The average molecular weight is 331 g/mol. The van der Waals surface area contributed by atoms with Gasteiger partial charge in [-0.15, -0.1) is 0 Å². The maximum Gasteiger partial charge on any atom is 0.404 e. The molecule has 5 N–H and O–H groups in total. The van der Waals surface area contributed by atoms with Gasteiger partial charge in [-0.05, 0) is 36.0 Å². The third kappa shape index (κ3) is 5.48. The van der Waals surface area contributed by atoms with Crippen LogP contribution >= 0.6 is 12.2 Å². The number of rotatable bonds is 6. The summed E-state index contributed by atoms with van der Waals surface area (Å²) >= 11 is 4.80. The molecular weight excluding hydrogens is 314 g/mol. The maximum absolute atomic E-state index is 10.7. The Hall–Kier alpha value is -2.80. The Kier molecular flexibility index (Phi) is 5.76. The number of hydrogen-bond donors (Lipinski definition) is 4. The second-order valence-corrected chi connectivity index (χ2v) is 5.18. The standard InChI is InChI=1S/C16H17N3O3S/c17-15(23)19-13-6-7-14(12(8-13)9-18-16(20)21)22-10-11-4-2-1-3-5-11/h1-8,18H,9-10H2,(H,20,21)(H3,17,19,23). The molecule has 7 heteroatoms. The molecule has 6 nitrogen and oxygen atoms in total. The van der Waals surface area contributed by atoms with Gasteiger partial charge in [0.05, 0.1) is 0 Å². The number of nitrogens with two attached hydrogens (primary N) is 1. The van der Waals surface area contributed by atoms with Crippen LogP contribution in [0.4, 0.5) is 10.5 Å². The summed E-state index contributed by atoms with van der Waals surface area (Å²) in [5.41, 5.74) is 7.83. The zero-order valence-electron chi connectivity index (χ0n) is 12.3. The van der Waals surface area contributed by atoms with Crippen molar-refractivity contribution < 1.29 is 14.6 Å². The molecule has 0 aromatic heterocycles. The molecule has 2 aromatic carbocycles. The van der Waals surface area contributed by atoms with Gasteiger partial charge in [0.2, 0.25) is 0 Å². The van der Waals surface area contributed by atoms with E-state index in [1.165, 1.54) is 0 Å². The van der Waals surface area contributed by atoms with Gasteiger partial charge in [-0.3, -0.25) is 0 Å². The first-order chi connectivity index (χ1) is 11.0. The van der Waals surface area contributed by atoms with Crippen LogP contribution in [0.15, 0.2) is 48.5 Å². The van der Waals surface area contributed by atoms with Crippen LogP contribution in [0, 0.1) is 0 Å². The van der Waals surface area contributed by atoms with Crippen molar-refractivity contribution in [3.05, 3.63) is 59.7 Å². The zero-order valence-corrected chi connectivity index (χ0v) is 13.1. The largest absolute Gasteiger partial charge is 0.489 e. The van der Waals surface area contributed by atoms with Crippen LogP contribution in [0.5, 0.6) is 5.75 Å². The van der Waals surface area contributed by atoms with E-state index in [-0.39, 0.29) is 11.7 Å². The number of anilines is 1. The second kappa shape index (κ2) is 8.00. The minimum atomic E-state index is -1.10. The highest BCUT2D eigenvalue weighted by molar-refractivity contribution is 7.80. The van der Waals surface area contributed by atoms with E-state index in [4.69, 9.17) is 27.8 Å². The molecule has 0 radical (unpaired) electrons. The molecule has 2 aromatic rings. The lowest BCUT2D eigenvalue weighted by molar-refractivity contribution is 0.193. The predicted molar refractivity (Wildman–Crippen MR) is 92.5 cm³/mol. The summed E-state index contributed by atoms with van der Waals surface area (Å²) in [6.45, 7) is 0.509. The quantitative estimate of drug-likeness (QED) is 0.608. The molecule has 0 saturated carbocycles. The third-order valence-electron chi connectivity index (χ3n) is 3.00. The van der Waals surface area contributed by atoms with Gasteiger partial charge >= 0.3 is 6.09 Å². The van der Waals surface area contributed by atoms with Crippen molar-refractivity contribution in [2.24, 2.45) is 5.73 Å². The first-order valence-electron chi connectivity index (χ1n) is 6.87. The van der Waals surface area contributed by atoms with Crippen molar-refractivity contribution in [2.45, 2.75) is 13.2 Å². The minimum Gasteiger partial charge on any atom is -0.489 e. The van der Waals surface area contributed by atoms with Gasteiger partial charge in [0.25, 0.3) is 0 Å². The summed E-state index contributed by atoms with van der Waals surface area (Å²) in [5.74, 6) is 0.594. The van der Waals surface area contributed by atoms with Gasteiger partial charge in [0, 0.05) is 17.8 Å². The molecule has 0 atom stereocenters. The van der Waals surface area contributed by atoms with Gasteiger partial charge in [-0.2, -0.15) is 0 Å². The fraction of sp³-hybridized carbons (Fsp3) is 0.125. The van der Waals surface area contributed by atoms with Crippen LogP contribution in [0.2, 0.25) is 0 Å². The van der Waals surface area contributed by atoms with Crippen LogP contribution in [0.25, 0.3) is 0 Å². The molecular formula is C16H17N3O3S. The van der Waals surface area contributed by atoms with Crippen molar-refractivity contribution >= 4 is 29.1 Å². The lowest BCUT2D eigenvalue weighted by atomic mass is 10.1. The minimum absolute atomic E-state index is 0.117. The fourth-order valence-electron chi connectivity index (χ4n) is 1.98. The first-order valence-corrected chi connectivity index (χ1v) is 7.28. The molecule has 0 spiro atoms. The molecule has 23 heavy (non-hydrogen) atoms. The average Bonchev–Trinajstić information content (AvgIpc) is 2.52. The molecule has 0 aliphatic rings. The van der Waals surface area contributed by atoms with E-state index in [1.807, 2.05) is 30.3 Å². The molecule has 1 amide bonds. The second-order valence-electron chi connectivity index (χ2n) is 4.74. The summed E-state index contributed by atoms with van der Waals surface area (Å²) < 4.78 is 5.79. The Balaban J connectivity index is 2.15.